The minimum atomic E-state index is -0.643. The van der Waals surface area contributed by atoms with Crippen LogP contribution in [0, 0.1) is 11.3 Å². The van der Waals surface area contributed by atoms with Gasteiger partial charge in [0.2, 0.25) is 0 Å². The van der Waals surface area contributed by atoms with Gasteiger partial charge in [0, 0.05) is 18.3 Å². The zero-order valence-electron chi connectivity index (χ0n) is 18.5. The van der Waals surface area contributed by atoms with Gasteiger partial charge in [0.15, 0.2) is 18.1 Å². The number of amides is 1. The fraction of sp³-hybridized carbons (Fsp3) is 0.320. The summed E-state index contributed by atoms with van der Waals surface area (Å²) in [5.74, 6) is 0.209. The van der Waals surface area contributed by atoms with Crippen molar-refractivity contribution in [3.8, 4) is 17.6 Å². The van der Waals surface area contributed by atoms with Crippen LogP contribution >= 0.6 is 0 Å². The Bertz CT molecular complexity index is 951. The van der Waals surface area contributed by atoms with Crippen LogP contribution in [0.3, 0.4) is 0 Å². The number of benzene rings is 2. The second kappa shape index (κ2) is 13.5. The molecule has 0 aliphatic rings. The number of ether oxygens (including phenoxy) is 3. The molecule has 0 unspecified atom stereocenters. The molecule has 0 fully saturated rings. The molecule has 2 rings (SSSR count). The standard InChI is InChI=1S/C25H28N2O5/c1-3-17-31-22-13-11-20(18-23(22)30-4-2)12-14-25(29)32-19-24(28)27(16-8-15-26)21-9-6-5-7-10-21/h5-7,9-14,18H,3-4,8,16-17,19H2,1-2H3/b14-12+. The highest BCUT2D eigenvalue weighted by Crippen LogP contribution is 2.29. The lowest BCUT2D eigenvalue weighted by Crippen LogP contribution is -2.35. The van der Waals surface area contributed by atoms with Crippen LogP contribution in [0.5, 0.6) is 11.5 Å². The summed E-state index contributed by atoms with van der Waals surface area (Å²) in [6.45, 7) is 4.79. The molecule has 0 bridgehead atoms. The van der Waals surface area contributed by atoms with Gasteiger partial charge in [0.1, 0.15) is 0 Å². The number of rotatable bonds is 12. The van der Waals surface area contributed by atoms with Crippen molar-refractivity contribution in [1.29, 1.82) is 5.26 Å². The van der Waals surface area contributed by atoms with Gasteiger partial charge >= 0.3 is 5.97 Å². The highest BCUT2D eigenvalue weighted by Gasteiger charge is 2.16. The van der Waals surface area contributed by atoms with Crippen LogP contribution < -0.4 is 14.4 Å². The fourth-order valence-corrected chi connectivity index (χ4v) is 2.82. The number of carbonyl (C=O) groups is 2. The molecule has 2 aromatic carbocycles. The van der Waals surface area contributed by atoms with Crippen molar-refractivity contribution in [3.63, 3.8) is 0 Å². The third-order valence-electron chi connectivity index (χ3n) is 4.30. The van der Waals surface area contributed by atoms with E-state index in [1.165, 1.54) is 11.0 Å². The molecule has 0 aliphatic carbocycles. The van der Waals surface area contributed by atoms with Gasteiger partial charge in [0.25, 0.3) is 5.91 Å². The predicted molar refractivity (Wildman–Crippen MR) is 122 cm³/mol. The van der Waals surface area contributed by atoms with Crippen molar-refractivity contribution < 1.29 is 23.8 Å². The van der Waals surface area contributed by atoms with E-state index in [2.05, 4.69) is 0 Å². The normalized spacial score (nSPS) is 10.4. The lowest BCUT2D eigenvalue weighted by Gasteiger charge is -2.21. The molecule has 0 saturated heterocycles. The summed E-state index contributed by atoms with van der Waals surface area (Å²) in [7, 11) is 0. The van der Waals surface area contributed by atoms with Crippen molar-refractivity contribution in [2.75, 3.05) is 31.3 Å². The molecule has 0 aliphatic heterocycles. The Morgan fingerprint density at radius 3 is 2.53 bits per heavy atom. The van der Waals surface area contributed by atoms with Gasteiger partial charge in [-0.05, 0) is 49.2 Å². The second-order valence-corrected chi connectivity index (χ2v) is 6.72. The summed E-state index contributed by atoms with van der Waals surface area (Å²) in [5, 5.41) is 8.85. The Kier molecular flexibility index (Phi) is 10.3. The second-order valence-electron chi connectivity index (χ2n) is 6.72. The van der Waals surface area contributed by atoms with Gasteiger partial charge in [-0.3, -0.25) is 4.79 Å². The summed E-state index contributed by atoms with van der Waals surface area (Å²) in [5.41, 5.74) is 1.38. The van der Waals surface area contributed by atoms with Gasteiger partial charge < -0.3 is 19.1 Å². The van der Waals surface area contributed by atoms with Crippen LogP contribution in [-0.2, 0) is 14.3 Å². The van der Waals surface area contributed by atoms with E-state index in [0.29, 0.717) is 30.4 Å². The summed E-state index contributed by atoms with van der Waals surface area (Å²) >= 11 is 0. The maximum atomic E-state index is 12.6. The molecular weight excluding hydrogens is 408 g/mol. The first kappa shape index (κ1) is 24.5. The number of nitrogens with zero attached hydrogens (tertiary/aromatic N) is 2. The number of hydrogen-bond acceptors (Lipinski definition) is 6. The first-order valence-electron chi connectivity index (χ1n) is 10.6. The quantitative estimate of drug-likeness (QED) is 0.362. The van der Waals surface area contributed by atoms with Gasteiger partial charge in [0.05, 0.1) is 25.7 Å². The maximum Gasteiger partial charge on any atom is 0.331 e. The predicted octanol–water partition coefficient (Wildman–Crippen LogP) is 4.38. The monoisotopic (exact) mass is 436 g/mol. The van der Waals surface area contributed by atoms with E-state index < -0.39 is 18.5 Å². The summed E-state index contributed by atoms with van der Waals surface area (Å²) < 4.78 is 16.4. The molecule has 0 spiro atoms. The molecule has 7 heteroatoms. The van der Waals surface area contributed by atoms with E-state index in [-0.39, 0.29) is 13.0 Å². The average Bonchev–Trinajstić information content (AvgIpc) is 2.82. The Morgan fingerprint density at radius 1 is 1.06 bits per heavy atom. The maximum absolute atomic E-state index is 12.6. The third-order valence-corrected chi connectivity index (χ3v) is 4.30. The first-order chi connectivity index (χ1) is 15.6. The Balaban J connectivity index is 1.98. The highest BCUT2D eigenvalue weighted by atomic mass is 16.5. The summed E-state index contributed by atoms with van der Waals surface area (Å²) in [6, 6.07) is 16.4. The Morgan fingerprint density at radius 2 is 1.84 bits per heavy atom. The van der Waals surface area contributed by atoms with Crippen LogP contribution in [0.25, 0.3) is 6.08 Å². The van der Waals surface area contributed by atoms with Crippen LogP contribution in [0.4, 0.5) is 5.69 Å². The minimum Gasteiger partial charge on any atom is -0.490 e. The van der Waals surface area contributed by atoms with Crippen LogP contribution in [-0.4, -0.2) is 38.2 Å². The fourth-order valence-electron chi connectivity index (χ4n) is 2.82. The van der Waals surface area contributed by atoms with Crippen molar-refractivity contribution in [2.24, 2.45) is 0 Å². The Labute approximate surface area is 188 Å². The first-order valence-corrected chi connectivity index (χ1v) is 10.6. The number of anilines is 1. The lowest BCUT2D eigenvalue weighted by atomic mass is 10.2. The van der Waals surface area contributed by atoms with Crippen LogP contribution in [0.2, 0.25) is 0 Å². The highest BCUT2D eigenvalue weighted by molar-refractivity contribution is 5.96. The lowest BCUT2D eigenvalue weighted by molar-refractivity contribution is -0.142. The van der Waals surface area contributed by atoms with E-state index in [0.717, 1.165) is 12.0 Å². The smallest absolute Gasteiger partial charge is 0.331 e. The van der Waals surface area contributed by atoms with E-state index in [1.807, 2.05) is 32.0 Å². The molecule has 7 nitrogen and oxygen atoms in total. The van der Waals surface area contributed by atoms with E-state index in [1.54, 1.807) is 42.5 Å². The minimum absolute atomic E-state index is 0.175. The Hall–Kier alpha value is -3.79. The summed E-state index contributed by atoms with van der Waals surface area (Å²) in [6.07, 6.45) is 3.90. The molecule has 32 heavy (non-hydrogen) atoms. The zero-order chi connectivity index (χ0) is 23.2. The molecule has 0 N–H and O–H groups in total. The van der Waals surface area contributed by atoms with Crippen molar-refractivity contribution >= 4 is 23.6 Å². The van der Waals surface area contributed by atoms with Gasteiger partial charge in [-0.25, -0.2) is 4.79 Å². The van der Waals surface area contributed by atoms with Crippen LogP contribution in [0.15, 0.2) is 54.6 Å². The SMILES string of the molecule is CCCOc1ccc(/C=C/C(=O)OCC(=O)N(CCC#N)c2ccccc2)cc1OCC. The average molecular weight is 437 g/mol. The molecule has 0 aromatic heterocycles. The van der Waals surface area contributed by atoms with Crippen molar-refractivity contribution in [2.45, 2.75) is 26.7 Å². The largest absolute Gasteiger partial charge is 0.490 e. The molecular formula is C25H28N2O5. The zero-order valence-corrected chi connectivity index (χ0v) is 18.5. The number of nitriles is 1. The molecule has 0 heterocycles. The molecule has 0 atom stereocenters. The molecule has 0 saturated carbocycles. The molecule has 0 radical (unpaired) electrons. The van der Waals surface area contributed by atoms with E-state index >= 15 is 0 Å². The van der Waals surface area contributed by atoms with Gasteiger partial charge in [-0.2, -0.15) is 5.26 Å². The number of carbonyl (C=O) groups excluding carboxylic acids is 2. The number of hydrogen-bond donors (Lipinski definition) is 0. The van der Waals surface area contributed by atoms with E-state index in [9.17, 15) is 9.59 Å². The third kappa shape index (κ3) is 7.80. The van der Waals surface area contributed by atoms with Crippen LogP contribution in [0.1, 0.15) is 32.3 Å². The van der Waals surface area contributed by atoms with Crippen molar-refractivity contribution in [1.82, 2.24) is 0 Å². The number of para-hydroxylation sites is 1. The number of esters is 1. The molecule has 1 amide bonds. The van der Waals surface area contributed by atoms with Gasteiger partial charge in [-0.1, -0.05) is 31.2 Å². The molecule has 168 valence electrons. The van der Waals surface area contributed by atoms with Gasteiger partial charge in [-0.15, -0.1) is 0 Å². The summed E-state index contributed by atoms with van der Waals surface area (Å²) in [4.78, 5) is 26.1. The topological polar surface area (TPSA) is 88.9 Å². The van der Waals surface area contributed by atoms with Crippen molar-refractivity contribution in [3.05, 3.63) is 60.2 Å². The molecule has 2 aromatic rings. The van der Waals surface area contributed by atoms with E-state index in [4.69, 9.17) is 19.5 Å².